The lowest BCUT2D eigenvalue weighted by atomic mass is 9.91. The molecule has 0 spiro atoms. The number of carboxylic acids is 1. The van der Waals surface area contributed by atoms with Gasteiger partial charge in [-0.1, -0.05) is 12.1 Å². The normalized spacial score (nSPS) is 20.6. The van der Waals surface area contributed by atoms with Crippen LogP contribution in [0.1, 0.15) is 48.5 Å². The highest BCUT2D eigenvalue weighted by molar-refractivity contribution is 7.89. The zero-order valence-corrected chi connectivity index (χ0v) is 13.1. The van der Waals surface area contributed by atoms with E-state index >= 15 is 0 Å². The Morgan fingerprint density at radius 3 is 2.43 bits per heavy atom. The van der Waals surface area contributed by atoms with Crippen molar-refractivity contribution in [3.05, 3.63) is 35.4 Å². The van der Waals surface area contributed by atoms with E-state index in [4.69, 9.17) is 5.11 Å². The van der Waals surface area contributed by atoms with Crippen LogP contribution < -0.4 is 0 Å². The number of rotatable bonds is 4. The molecule has 0 bridgehead atoms. The Morgan fingerprint density at radius 1 is 1.29 bits per heavy atom. The van der Waals surface area contributed by atoms with E-state index in [1.165, 1.54) is 0 Å². The maximum atomic E-state index is 12.3. The predicted octanol–water partition coefficient (Wildman–Crippen LogP) is 2.30. The zero-order valence-electron chi connectivity index (χ0n) is 12.3. The minimum absolute atomic E-state index is 0.134. The third-order valence-corrected chi connectivity index (χ3v) is 6.21. The minimum Gasteiger partial charge on any atom is -0.478 e. The summed E-state index contributed by atoms with van der Waals surface area (Å²) < 4.78 is 26.1. The number of aromatic carboxylic acids is 1. The average Bonchev–Trinajstić information content (AvgIpc) is 2.47. The SMILES string of the molecule is CC(C)S(=O)(=O)N1CCC[C@@H](c2ccc(C(=O)O)cc2)C1. The molecule has 0 radical (unpaired) electrons. The van der Waals surface area contributed by atoms with Gasteiger partial charge in [-0.2, -0.15) is 0 Å². The van der Waals surface area contributed by atoms with Gasteiger partial charge in [0.1, 0.15) is 0 Å². The van der Waals surface area contributed by atoms with Gasteiger partial charge in [0, 0.05) is 13.1 Å². The molecule has 1 aromatic carbocycles. The molecule has 1 aliphatic rings. The molecule has 1 N–H and O–H groups in total. The van der Waals surface area contributed by atoms with Gasteiger partial charge in [0.2, 0.25) is 10.0 Å². The Labute approximate surface area is 125 Å². The average molecular weight is 311 g/mol. The summed E-state index contributed by atoms with van der Waals surface area (Å²) in [5.74, 6) is -0.815. The standard InChI is InChI=1S/C15H21NO4S/c1-11(2)21(19,20)16-9-3-4-14(10-16)12-5-7-13(8-6-12)15(17)18/h5-8,11,14H,3-4,9-10H2,1-2H3,(H,17,18)/t14-/m1/s1. The Kier molecular flexibility index (Phi) is 4.68. The molecule has 0 amide bonds. The molecule has 1 fully saturated rings. The quantitative estimate of drug-likeness (QED) is 0.926. The molecule has 0 unspecified atom stereocenters. The van der Waals surface area contributed by atoms with Crippen LogP contribution in [0.2, 0.25) is 0 Å². The van der Waals surface area contributed by atoms with Crippen LogP contribution in [0, 0.1) is 0 Å². The Bertz CT molecular complexity index is 607. The van der Waals surface area contributed by atoms with E-state index in [0.717, 1.165) is 18.4 Å². The van der Waals surface area contributed by atoms with Crippen molar-refractivity contribution in [3.8, 4) is 0 Å². The highest BCUT2D eigenvalue weighted by atomic mass is 32.2. The molecule has 116 valence electrons. The second-order valence-electron chi connectivity index (χ2n) is 5.72. The number of nitrogens with zero attached hydrogens (tertiary/aromatic N) is 1. The summed E-state index contributed by atoms with van der Waals surface area (Å²) in [7, 11) is -3.22. The molecular formula is C15H21NO4S. The van der Waals surface area contributed by atoms with Gasteiger partial charge in [-0.15, -0.1) is 0 Å². The van der Waals surface area contributed by atoms with Crippen molar-refractivity contribution in [1.29, 1.82) is 0 Å². The van der Waals surface area contributed by atoms with Gasteiger partial charge in [0.05, 0.1) is 10.8 Å². The van der Waals surface area contributed by atoms with Crippen LogP contribution in [0.5, 0.6) is 0 Å². The van der Waals surface area contributed by atoms with Crippen molar-refractivity contribution in [3.63, 3.8) is 0 Å². The van der Waals surface area contributed by atoms with Crippen molar-refractivity contribution >= 4 is 16.0 Å². The first-order chi connectivity index (χ1) is 9.82. The largest absolute Gasteiger partial charge is 0.478 e. The number of carbonyl (C=O) groups is 1. The smallest absolute Gasteiger partial charge is 0.335 e. The van der Waals surface area contributed by atoms with Crippen molar-refractivity contribution in [2.45, 2.75) is 37.9 Å². The lowest BCUT2D eigenvalue weighted by Gasteiger charge is -2.33. The number of carboxylic acid groups (broad SMARTS) is 1. The Morgan fingerprint density at radius 2 is 1.90 bits per heavy atom. The van der Waals surface area contributed by atoms with Gasteiger partial charge >= 0.3 is 5.97 Å². The molecule has 21 heavy (non-hydrogen) atoms. The molecular weight excluding hydrogens is 290 g/mol. The summed E-state index contributed by atoms with van der Waals surface area (Å²) in [4.78, 5) is 10.9. The van der Waals surface area contributed by atoms with Crippen LogP contribution in [0.4, 0.5) is 0 Å². The number of hydrogen-bond donors (Lipinski definition) is 1. The van der Waals surface area contributed by atoms with E-state index in [-0.39, 0.29) is 11.5 Å². The zero-order chi connectivity index (χ0) is 15.6. The third kappa shape index (κ3) is 3.44. The topological polar surface area (TPSA) is 74.7 Å². The van der Waals surface area contributed by atoms with Gasteiger partial charge in [-0.05, 0) is 50.3 Å². The molecule has 1 atom stereocenters. The van der Waals surface area contributed by atoms with Gasteiger partial charge in [-0.25, -0.2) is 17.5 Å². The predicted molar refractivity (Wildman–Crippen MR) is 81.0 cm³/mol. The summed E-state index contributed by atoms with van der Waals surface area (Å²) in [6.45, 7) is 4.44. The van der Waals surface area contributed by atoms with Crippen molar-refractivity contribution < 1.29 is 18.3 Å². The molecule has 1 aliphatic heterocycles. The fourth-order valence-electron chi connectivity index (χ4n) is 2.64. The number of sulfonamides is 1. The number of hydrogen-bond acceptors (Lipinski definition) is 3. The Balaban J connectivity index is 2.16. The lowest BCUT2D eigenvalue weighted by molar-refractivity contribution is 0.0697. The Hall–Kier alpha value is -1.40. The van der Waals surface area contributed by atoms with Gasteiger partial charge in [-0.3, -0.25) is 0 Å². The summed E-state index contributed by atoms with van der Waals surface area (Å²) in [5, 5.41) is 8.50. The monoisotopic (exact) mass is 311 g/mol. The fourth-order valence-corrected chi connectivity index (χ4v) is 4.01. The van der Waals surface area contributed by atoms with Crippen molar-refractivity contribution in [1.82, 2.24) is 4.31 Å². The van der Waals surface area contributed by atoms with Crippen molar-refractivity contribution in [2.75, 3.05) is 13.1 Å². The second-order valence-corrected chi connectivity index (χ2v) is 8.21. The summed E-state index contributed by atoms with van der Waals surface area (Å²) in [6, 6.07) is 6.74. The molecule has 0 aliphatic carbocycles. The molecule has 6 heteroatoms. The van der Waals surface area contributed by atoms with E-state index in [0.29, 0.717) is 13.1 Å². The van der Waals surface area contributed by atoms with E-state index in [9.17, 15) is 13.2 Å². The number of benzene rings is 1. The van der Waals surface area contributed by atoms with E-state index < -0.39 is 21.2 Å². The highest BCUT2D eigenvalue weighted by Gasteiger charge is 2.31. The van der Waals surface area contributed by atoms with Crippen LogP contribution in [0.15, 0.2) is 24.3 Å². The van der Waals surface area contributed by atoms with Crippen LogP contribution in [-0.2, 0) is 10.0 Å². The highest BCUT2D eigenvalue weighted by Crippen LogP contribution is 2.29. The second kappa shape index (κ2) is 6.15. The summed E-state index contributed by atoms with van der Waals surface area (Å²) >= 11 is 0. The maximum Gasteiger partial charge on any atom is 0.335 e. The van der Waals surface area contributed by atoms with Crippen LogP contribution in [-0.4, -0.2) is 42.1 Å². The number of piperidine rings is 1. The van der Waals surface area contributed by atoms with E-state index in [1.807, 2.05) is 0 Å². The van der Waals surface area contributed by atoms with E-state index in [2.05, 4.69) is 0 Å². The van der Waals surface area contributed by atoms with Crippen LogP contribution in [0.3, 0.4) is 0 Å². The fraction of sp³-hybridized carbons (Fsp3) is 0.533. The van der Waals surface area contributed by atoms with Crippen molar-refractivity contribution in [2.24, 2.45) is 0 Å². The first-order valence-electron chi connectivity index (χ1n) is 7.14. The minimum atomic E-state index is -3.22. The molecule has 1 saturated heterocycles. The molecule has 0 saturated carbocycles. The molecule has 2 rings (SSSR count). The van der Waals surface area contributed by atoms with Crippen LogP contribution in [0.25, 0.3) is 0 Å². The molecule has 5 nitrogen and oxygen atoms in total. The van der Waals surface area contributed by atoms with Gasteiger partial charge < -0.3 is 5.11 Å². The van der Waals surface area contributed by atoms with Crippen LogP contribution >= 0.6 is 0 Å². The first kappa shape index (κ1) is 16.0. The third-order valence-electron chi connectivity index (χ3n) is 3.97. The van der Waals surface area contributed by atoms with E-state index in [1.54, 1.807) is 42.4 Å². The molecule has 1 aromatic rings. The lowest BCUT2D eigenvalue weighted by Crippen LogP contribution is -2.42. The maximum absolute atomic E-state index is 12.3. The summed E-state index contributed by atoms with van der Waals surface area (Å²) in [6.07, 6.45) is 1.76. The van der Waals surface area contributed by atoms with Gasteiger partial charge in [0.15, 0.2) is 0 Å². The van der Waals surface area contributed by atoms with Gasteiger partial charge in [0.25, 0.3) is 0 Å². The molecule has 1 heterocycles. The molecule has 0 aromatic heterocycles. The summed E-state index contributed by atoms with van der Waals surface area (Å²) in [5.41, 5.74) is 1.25. The first-order valence-corrected chi connectivity index (χ1v) is 8.65.